The fourth-order valence-electron chi connectivity index (χ4n) is 5.22. The van der Waals surface area contributed by atoms with Gasteiger partial charge < -0.3 is 15.0 Å². The lowest BCUT2D eigenvalue weighted by molar-refractivity contribution is -0.128. The van der Waals surface area contributed by atoms with Crippen molar-refractivity contribution >= 4 is 17.7 Å². The molecule has 8 heteroatoms. The molecule has 196 valence electrons. The normalized spacial score (nSPS) is 18.4. The number of amides is 3. The Balaban J connectivity index is 1.33. The highest BCUT2D eigenvalue weighted by molar-refractivity contribution is 5.98. The summed E-state index contributed by atoms with van der Waals surface area (Å²) in [5, 5.41) is 2.95. The third kappa shape index (κ3) is 5.17. The summed E-state index contributed by atoms with van der Waals surface area (Å²) in [7, 11) is 0. The second kappa shape index (κ2) is 11.1. The fraction of sp³-hybridized carbons (Fsp3) is 0.333. The lowest BCUT2D eigenvalue weighted by Crippen LogP contribution is -2.59. The van der Waals surface area contributed by atoms with Gasteiger partial charge in [0.1, 0.15) is 11.8 Å². The number of ether oxygens (including phenoxy) is 1. The molecule has 1 N–H and O–H groups in total. The van der Waals surface area contributed by atoms with Crippen LogP contribution in [0.2, 0.25) is 0 Å². The first-order valence-corrected chi connectivity index (χ1v) is 13.1. The van der Waals surface area contributed by atoms with Gasteiger partial charge >= 0.3 is 0 Å². The van der Waals surface area contributed by atoms with Gasteiger partial charge in [0.25, 0.3) is 11.8 Å². The lowest BCUT2D eigenvalue weighted by Gasteiger charge is -2.44. The Morgan fingerprint density at radius 2 is 1.55 bits per heavy atom. The molecule has 5 rings (SSSR count). The van der Waals surface area contributed by atoms with Gasteiger partial charge in [-0.15, -0.1) is 0 Å². The van der Waals surface area contributed by atoms with Crippen molar-refractivity contribution < 1.29 is 19.1 Å². The van der Waals surface area contributed by atoms with Gasteiger partial charge in [0.2, 0.25) is 5.91 Å². The zero-order valence-electron chi connectivity index (χ0n) is 21.5. The van der Waals surface area contributed by atoms with Crippen molar-refractivity contribution in [2.75, 3.05) is 19.7 Å². The Hall–Kier alpha value is -4.04. The van der Waals surface area contributed by atoms with Crippen LogP contribution in [0.1, 0.15) is 51.6 Å². The van der Waals surface area contributed by atoms with Gasteiger partial charge in [0.05, 0.1) is 6.61 Å². The van der Waals surface area contributed by atoms with Crippen LogP contribution in [0.5, 0.6) is 0 Å². The number of aromatic nitrogens is 1. The van der Waals surface area contributed by atoms with E-state index in [4.69, 9.17) is 4.74 Å². The van der Waals surface area contributed by atoms with E-state index in [2.05, 4.69) is 17.2 Å². The van der Waals surface area contributed by atoms with Crippen LogP contribution >= 0.6 is 0 Å². The molecule has 2 saturated heterocycles. The summed E-state index contributed by atoms with van der Waals surface area (Å²) >= 11 is 0. The number of hydrogen-bond donors (Lipinski definition) is 1. The number of carbonyl (C=O) groups excluding carboxylic acids is 3. The van der Waals surface area contributed by atoms with E-state index in [1.54, 1.807) is 46.5 Å². The predicted molar refractivity (Wildman–Crippen MR) is 142 cm³/mol. The molecule has 2 fully saturated rings. The quantitative estimate of drug-likeness (QED) is 0.546. The summed E-state index contributed by atoms with van der Waals surface area (Å²) in [5.41, 5.74) is 2.30. The number of nitrogens with zero attached hydrogens (tertiary/aromatic N) is 3. The Bertz CT molecular complexity index is 1270. The predicted octanol–water partition coefficient (Wildman–Crippen LogP) is 3.43. The zero-order valence-corrected chi connectivity index (χ0v) is 21.5. The maximum atomic E-state index is 13.8. The molecule has 0 radical (unpaired) electrons. The number of nitrogens with one attached hydrogen (secondary N) is 1. The van der Waals surface area contributed by atoms with E-state index >= 15 is 0 Å². The summed E-state index contributed by atoms with van der Waals surface area (Å²) in [6, 6.07) is 19.6. The molecule has 1 spiro atoms. The minimum absolute atomic E-state index is 0.0342. The third-order valence-corrected chi connectivity index (χ3v) is 7.46. The summed E-state index contributed by atoms with van der Waals surface area (Å²) < 4.78 is 6.28. The molecule has 1 atom stereocenters. The smallest absolute Gasteiger partial charge is 0.256 e. The summed E-state index contributed by atoms with van der Waals surface area (Å²) in [5.74, 6) is -0.548. The minimum Gasteiger partial charge on any atom is -0.353 e. The van der Waals surface area contributed by atoms with Crippen LogP contribution in [0.4, 0.5) is 0 Å². The molecule has 0 aliphatic carbocycles. The van der Waals surface area contributed by atoms with E-state index in [0.29, 0.717) is 43.6 Å². The standard InChI is InChI=1S/C30H32N4O4/c1-2-22-8-10-25(11-9-22)28(36)33-18-14-30(15-19-33)34(29(37)24-6-4-3-5-7-24)26(21-38-30)27(35)32-20-23-12-16-31-17-13-23/h3-13,16-17,26H,2,14-15,18-21H2,1H3,(H,32,35). The Morgan fingerprint density at radius 1 is 0.895 bits per heavy atom. The maximum Gasteiger partial charge on any atom is 0.256 e. The molecule has 2 aliphatic rings. The molecule has 2 aliphatic heterocycles. The van der Waals surface area contributed by atoms with Gasteiger partial charge in [-0.25, -0.2) is 0 Å². The van der Waals surface area contributed by atoms with Crippen LogP contribution < -0.4 is 5.32 Å². The SMILES string of the molecule is CCc1ccc(C(=O)N2CCC3(CC2)OCC(C(=O)NCc2ccncc2)N3C(=O)c2ccccc2)cc1. The molecule has 38 heavy (non-hydrogen) atoms. The van der Waals surface area contributed by atoms with Gasteiger partial charge in [0.15, 0.2) is 0 Å². The van der Waals surface area contributed by atoms with Crippen molar-refractivity contribution in [3.63, 3.8) is 0 Å². The molecule has 1 unspecified atom stereocenters. The van der Waals surface area contributed by atoms with Gasteiger partial charge in [-0.2, -0.15) is 0 Å². The average molecular weight is 513 g/mol. The van der Waals surface area contributed by atoms with Crippen molar-refractivity contribution in [1.82, 2.24) is 20.1 Å². The molecule has 3 aromatic rings. The summed E-state index contributed by atoms with van der Waals surface area (Å²) in [6.45, 7) is 3.37. The van der Waals surface area contributed by atoms with Gasteiger partial charge in [0, 0.05) is 56.0 Å². The van der Waals surface area contributed by atoms with Crippen molar-refractivity contribution in [2.45, 2.75) is 44.5 Å². The van der Waals surface area contributed by atoms with Crippen molar-refractivity contribution in [3.05, 3.63) is 101 Å². The van der Waals surface area contributed by atoms with Crippen molar-refractivity contribution in [1.29, 1.82) is 0 Å². The highest BCUT2D eigenvalue weighted by atomic mass is 16.5. The van der Waals surface area contributed by atoms with Crippen LogP contribution in [0.15, 0.2) is 79.1 Å². The fourth-order valence-corrected chi connectivity index (χ4v) is 5.22. The van der Waals surface area contributed by atoms with E-state index in [9.17, 15) is 14.4 Å². The van der Waals surface area contributed by atoms with E-state index in [0.717, 1.165) is 12.0 Å². The Labute approximate surface area is 222 Å². The lowest BCUT2D eigenvalue weighted by atomic mass is 9.96. The maximum absolute atomic E-state index is 13.8. The molecule has 0 saturated carbocycles. The van der Waals surface area contributed by atoms with E-state index in [-0.39, 0.29) is 24.3 Å². The largest absolute Gasteiger partial charge is 0.353 e. The number of aryl methyl sites for hydroxylation is 1. The molecule has 3 heterocycles. The van der Waals surface area contributed by atoms with Crippen LogP contribution in [-0.4, -0.2) is 64.0 Å². The van der Waals surface area contributed by atoms with Gasteiger partial charge in [-0.1, -0.05) is 37.3 Å². The summed E-state index contributed by atoms with van der Waals surface area (Å²) in [6.07, 6.45) is 5.12. The number of piperidine rings is 1. The molecule has 3 amide bonds. The minimum atomic E-state index is -0.950. The molecule has 8 nitrogen and oxygen atoms in total. The van der Waals surface area contributed by atoms with Crippen LogP contribution in [0, 0.1) is 0 Å². The highest BCUT2D eigenvalue weighted by Crippen LogP contribution is 2.39. The molecular weight excluding hydrogens is 480 g/mol. The van der Waals surface area contributed by atoms with Crippen LogP contribution in [0.3, 0.4) is 0 Å². The number of hydrogen-bond acceptors (Lipinski definition) is 5. The number of carbonyl (C=O) groups is 3. The molecule has 0 bridgehead atoms. The second-order valence-corrected chi connectivity index (χ2v) is 9.73. The van der Waals surface area contributed by atoms with E-state index in [1.165, 1.54) is 5.56 Å². The highest BCUT2D eigenvalue weighted by Gasteiger charge is 2.54. The Morgan fingerprint density at radius 3 is 2.21 bits per heavy atom. The average Bonchev–Trinajstić information content (AvgIpc) is 3.35. The Kier molecular flexibility index (Phi) is 7.51. The van der Waals surface area contributed by atoms with Gasteiger partial charge in [-0.3, -0.25) is 24.3 Å². The number of rotatable bonds is 6. The van der Waals surface area contributed by atoms with Crippen molar-refractivity contribution in [2.24, 2.45) is 0 Å². The first-order chi connectivity index (χ1) is 18.5. The molecule has 2 aromatic carbocycles. The van der Waals surface area contributed by atoms with Crippen LogP contribution in [-0.2, 0) is 22.5 Å². The summed E-state index contributed by atoms with van der Waals surface area (Å²) in [4.78, 5) is 47.7. The van der Waals surface area contributed by atoms with Crippen molar-refractivity contribution in [3.8, 4) is 0 Å². The number of likely N-dealkylation sites (tertiary alicyclic amines) is 1. The van der Waals surface area contributed by atoms with E-state index in [1.807, 2.05) is 42.5 Å². The topological polar surface area (TPSA) is 91.8 Å². The molecule has 1 aromatic heterocycles. The zero-order chi connectivity index (χ0) is 26.5. The van der Waals surface area contributed by atoms with Crippen LogP contribution in [0.25, 0.3) is 0 Å². The number of benzene rings is 2. The monoisotopic (exact) mass is 512 g/mol. The molecular formula is C30H32N4O4. The van der Waals surface area contributed by atoms with Gasteiger partial charge in [-0.05, 0) is 53.9 Å². The second-order valence-electron chi connectivity index (χ2n) is 9.73. The first kappa shape index (κ1) is 25.6. The number of pyridine rings is 1. The third-order valence-electron chi connectivity index (χ3n) is 7.46. The first-order valence-electron chi connectivity index (χ1n) is 13.1. The van der Waals surface area contributed by atoms with E-state index < -0.39 is 11.8 Å².